The number of piperidine rings is 1. The first-order valence-corrected chi connectivity index (χ1v) is 14.1. The average Bonchev–Trinajstić information content (AvgIpc) is 2.90. The molecule has 3 rings (SSSR count). The van der Waals surface area contributed by atoms with E-state index in [1.165, 1.54) is 18.2 Å². The van der Waals surface area contributed by atoms with Crippen molar-refractivity contribution in [2.75, 3.05) is 40.4 Å². The first-order valence-electron chi connectivity index (χ1n) is 14.1. The maximum atomic E-state index is 13.7. The van der Waals surface area contributed by atoms with Crippen LogP contribution in [0.15, 0.2) is 48.5 Å². The highest BCUT2D eigenvalue weighted by molar-refractivity contribution is 5.45. The molecular weight excluding hydrogens is 505 g/mol. The number of nitrogens with zero attached hydrogens (tertiary/aromatic N) is 1. The van der Waals surface area contributed by atoms with Crippen LogP contribution in [0, 0.1) is 11.8 Å². The van der Waals surface area contributed by atoms with Gasteiger partial charge in [0.2, 0.25) is 0 Å². The van der Waals surface area contributed by atoms with Crippen molar-refractivity contribution in [1.29, 1.82) is 0 Å². The molecule has 39 heavy (non-hydrogen) atoms. The molecule has 3 atom stereocenters. The van der Waals surface area contributed by atoms with Crippen molar-refractivity contribution >= 4 is 0 Å². The number of hydrogen-bond donors (Lipinski definition) is 2. The summed E-state index contributed by atoms with van der Waals surface area (Å²) in [6, 6.07) is 12.6. The summed E-state index contributed by atoms with van der Waals surface area (Å²) in [7, 11) is 3.62. The fourth-order valence-corrected chi connectivity index (χ4v) is 5.89. The van der Waals surface area contributed by atoms with Gasteiger partial charge in [0.25, 0.3) is 0 Å². The zero-order valence-electron chi connectivity index (χ0n) is 23.8. The van der Waals surface area contributed by atoms with E-state index in [1.54, 1.807) is 25.3 Å². The Morgan fingerprint density at radius 1 is 1.03 bits per heavy atom. The topological polar surface area (TPSA) is 54.0 Å². The lowest BCUT2D eigenvalue weighted by Crippen LogP contribution is -2.52. The van der Waals surface area contributed by atoms with Crippen LogP contribution in [-0.2, 0) is 16.5 Å². The first kappa shape index (κ1) is 31.4. The molecular formula is C31H45F3N2O3. The smallest absolute Gasteiger partial charge is 0.419 e. The zero-order chi connectivity index (χ0) is 28.5. The fourth-order valence-electron chi connectivity index (χ4n) is 5.89. The minimum Gasteiger partial charge on any atom is -0.456 e. The molecule has 1 aliphatic heterocycles. The predicted octanol–water partition coefficient (Wildman–Crippen LogP) is 6.85. The largest absolute Gasteiger partial charge is 0.456 e. The number of unbranched alkanes of at least 4 members (excludes halogenated alkanes) is 1. The Balaban J connectivity index is 1.98. The molecule has 0 aliphatic carbocycles. The Morgan fingerprint density at radius 2 is 1.67 bits per heavy atom. The summed E-state index contributed by atoms with van der Waals surface area (Å²) in [6.07, 6.45) is 0.253. The van der Waals surface area contributed by atoms with Crippen LogP contribution >= 0.6 is 0 Å². The van der Waals surface area contributed by atoms with E-state index >= 15 is 0 Å². The Labute approximate surface area is 231 Å². The third-order valence-electron chi connectivity index (χ3n) is 7.75. The zero-order valence-corrected chi connectivity index (χ0v) is 23.8. The number of hydrogen-bond acceptors (Lipinski definition) is 5. The summed E-state index contributed by atoms with van der Waals surface area (Å²) >= 11 is 0. The molecule has 1 saturated heterocycles. The van der Waals surface area contributed by atoms with Gasteiger partial charge in [-0.1, -0.05) is 44.2 Å². The molecule has 1 heterocycles. The molecule has 0 radical (unpaired) electrons. The summed E-state index contributed by atoms with van der Waals surface area (Å²) in [5, 5.41) is 15.8. The van der Waals surface area contributed by atoms with Gasteiger partial charge < -0.3 is 19.9 Å². The van der Waals surface area contributed by atoms with Crippen molar-refractivity contribution in [3.8, 4) is 11.5 Å². The van der Waals surface area contributed by atoms with Crippen molar-refractivity contribution in [2.24, 2.45) is 11.8 Å². The van der Waals surface area contributed by atoms with Crippen molar-refractivity contribution in [3.63, 3.8) is 0 Å². The van der Waals surface area contributed by atoms with Gasteiger partial charge in [0.05, 0.1) is 11.2 Å². The highest BCUT2D eigenvalue weighted by Gasteiger charge is 2.43. The number of rotatable bonds is 14. The van der Waals surface area contributed by atoms with Crippen LogP contribution in [-0.4, -0.2) is 56.4 Å². The second-order valence-corrected chi connectivity index (χ2v) is 11.1. The van der Waals surface area contributed by atoms with Gasteiger partial charge in [-0.05, 0) is 76.2 Å². The Hall–Kier alpha value is -2.13. The van der Waals surface area contributed by atoms with Crippen molar-refractivity contribution < 1.29 is 27.8 Å². The molecule has 218 valence electrons. The van der Waals surface area contributed by atoms with Crippen molar-refractivity contribution in [2.45, 2.75) is 70.2 Å². The molecule has 1 aliphatic rings. The maximum absolute atomic E-state index is 13.7. The van der Waals surface area contributed by atoms with E-state index < -0.39 is 17.3 Å². The summed E-state index contributed by atoms with van der Waals surface area (Å²) in [4.78, 5) is 2.48. The van der Waals surface area contributed by atoms with Gasteiger partial charge in [0.15, 0.2) is 0 Å². The molecule has 0 bridgehead atoms. The van der Waals surface area contributed by atoms with Gasteiger partial charge in [-0.2, -0.15) is 13.2 Å². The second kappa shape index (κ2) is 14.5. The average molecular weight is 551 g/mol. The fraction of sp³-hybridized carbons (Fsp3) is 0.613. The first-order chi connectivity index (χ1) is 18.6. The molecule has 0 spiro atoms. The van der Waals surface area contributed by atoms with Gasteiger partial charge in [0, 0.05) is 44.3 Å². The summed E-state index contributed by atoms with van der Waals surface area (Å²) in [5.74, 6) is 0.437. The number of likely N-dealkylation sites (N-methyl/N-ethyl adjacent to an activating group) is 1. The summed E-state index contributed by atoms with van der Waals surface area (Å²) in [6.45, 7) is 7.58. The molecule has 0 amide bonds. The van der Waals surface area contributed by atoms with E-state index in [0.29, 0.717) is 37.1 Å². The van der Waals surface area contributed by atoms with Gasteiger partial charge in [0.1, 0.15) is 11.5 Å². The number of likely N-dealkylation sites (tertiary alicyclic amines) is 1. The minimum atomic E-state index is -4.55. The lowest BCUT2D eigenvalue weighted by atomic mass is 9.73. The quantitative estimate of drug-likeness (QED) is 0.252. The number of alkyl halides is 3. The minimum absolute atomic E-state index is 0.0945. The van der Waals surface area contributed by atoms with Crippen molar-refractivity contribution in [3.05, 3.63) is 59.7 Å². The third kappa shape index (κ3) is 8.43. The van der Waals surface area contributed by atoms with E-state index in [9.17, 15) is 18.3 Å². The van der Waals surface area contributed by atoms with Crippen LogP contribution in [0.3, 0.4) is 0 Å². The second-order valence-electron chi connectivity index (χ2n) is 11.1. The van der Waals surface area contributed by atoms with Gasteiger partial charge >= 0.3 is 6.18 Å². The standard InChI is InChI=1S/C31H45F3N2O3/c1-23(2)20-25(21-35-3)36-18-11-12-24(22-36)30(37,17-9-10-19-38-4)26-13-5-7-15-28(26)39-29-16-8-6-14-27(29)31(32,33)34/h5-8,13-16,23-25,35,37H,9-12,17-22H2,1-4H3. The van der Waals surface area contributed by atoms with Crippen LogP contribution in [0.4, 0.5) is 13.2 Å². The maximum Gasteiger partial charge on any atom is 0.419 e. The molecule has 2 N–H and O–H groups in total. The van der Waals surface area contributed by atoms with Gasteiger partial charge in [-0.25, -0.2) is 0 Å². The Bertz CT molecular complexity index is 1020. The molecule has 0 saturated carbocycles. The van der Waals surface area contributed by atoms with Crippen LogP contribution in [0.1, 0.15) is 63.5 Å². The van der Waals surface area contributed by atoms with Crippen molar-refractivity contribution in [1.82, 2.24) is 10.2 Å². The number of methoxy groups -OCH3 is 1. The van der Waals surface area contributed by atoms with E-state index in [1.807, 2.05) is 13.1 Å². The highest BCUT2D eigenvalue weighted by Crippen LogP contribution is 2.46. The highest BCUT2D eigenvalue weighted by atomic mass is 19.4. The monoisotopic (exact) mass is 550 g/mol. The van der Waals surface area contributed by atoms with Crippen LogP contribution in [0.25, 0.3) is 0 Å². The SMILES string of the molecule is CNCC(CC(C)C)N1CCCC(C(O)(CCCCOC)c2ccccc2Oc2ccccc2C(F)(F)F)C1. The lowest BCUT2D eigenvalue weighted by molar-refractivity contribution is -0.138. The summed E-state index contributed by atoms with van der Waals surface area (Å²) in [5.41, 5.74) is -1.56. The van der Waals surface area contributed by atoms with E-state index in [4.69, 9.17) is 9.47 Å². The Kier molecular flexibility index (Phi) is 11.7. The number of ether oxygens (including phenoxy) is 2. The molecule has 0 aromatic heterocycles. The Morgan fingerprint density at radius 3 is 2.28 bits per heavy atom. The molecule has 2 aromatic carbocycles. The van der Waals surface area contributed by atoms with Gasteiger partial charge in [-0.3, -0.25) is 4.90 Å². The van der Waals surface area contributed by atoms with E-state index in [2.05, 4.69) is 24.1 Å². The van der Waals surface area contributed by atoms with Crippen LogP contribution in [0.5, 0.6) is 11.5 Å². The number of nitrogens with one attached hydrogen (secondary N) is 1. The van der Waals surface area contributed by atoms with Crippen LogP contribution in [0.2, 0.25) is 0 Å². The molecule has 3 unspecified atom stereocenters. The third-order valence-corrected chi connectivity index (χ3v) is 7.75. The number of aliphatic hydroxyl groups is 1. The lowest BCUT2D eigenvalue weighted by Gasteiger charge is -2.46. The number of para-hydroxylation sites is 2. The molecule has 5 nitrogen and oxygen atoms in total. The van der Waals surface area contributed by atoms with E-state index in [0.717, 1.165) is 51.3 Å². The van der Waals surface area contributed by atoms with E-state index in [-0.39, 0.29) is 17.4 Å². The summed E-state index contributed by atoms with van der Waals surface area (Å²) < 4.78 is 52.4. The number of benzene rings is 2. The number of halogens is 3. The molecule has 2 aromatic rings. The van der Waals surface area contributed by atoms with Crippen LogP contribution < -0.4 is 10.1 Å². The van der Waals surface area contributed by atoms with Gasteiger partial charge in [-0.15, -0.1) is 0 Å². The molecule has 8 heteroatoms. The normalized spacial score (nSPS) is 19.2. The molecule has 1 fully saturated rings. The predicted molar refractivity (Wildman–Crippen MR) is 149 cm³/mol.